The van der Waals surface area contributed by atoms with Crippen LogP contribution in [0.4, 0.5) is 5.69 Å². The number of hydrogen-bond acceptors (Lipinski definition) is 5. The van der Waals surface area contributed by atoms with Crippen LogP contribution in [0, 0.1) is 0 Å². The summed E-state index contributed by atoms with van der Waals surface area (Å²) in [6.07, 6.45) is 3.07. The summed E-state index contributed by atoms with van der Waals surface area (Å²) in [5.41, 5.74) is 0.439. The number of carbonyl (C=O) groups excluding carboxylic acids is 1. The summed E-state index contributed by atoms with van der Waals surface area (Å²) in [7, 11) is 4.36. The molecule has 23 heavy (non-hydrogen) atoms. The Morgan fingerprint density at radius 2 is 2.00 bits per heavy atom. The van der Waals surface area contributed by atoms with Crippen molar-refractivity contribution < 1.29 is 9.53 Å². The molecule has 0 atom stereocenters. The molecule has 0 bridgehead atoms. The van der Waals surface area contributed by atoms with Crippen molar-refractivity contribution in [3.63, 3.8) is 0 Å². The Balaban J connectivity index is 2.82. The first kappa shape index (κ1) is 16.9. The second-order valence-electron chi connectivity index (χ2n) is 5.29. The number of nitrogens with one attached hydrogen (secondary N) is 1. The van der Waals surface area contributed by atoms with Crippen LogP contribution in [-0.2, 0) is 30.0 Å². The number of anilines is 1. The molecular formula is C15H20N4O4. The fraction of sp³-hybridized carbons (Fsp3) is 0.467. The number of ether oxygens (including phenoxy) is 1. The number of aromatic nitrogens is 3. The molecule has 1 amide bonds. The van der Waals surface area contributed by atoms with Gasteiger partial charge in [-0.15, -0.1) is 0 Å². The van der Waals surface area contributed by atoms with Gasteiger partial charge in [-0.2, -0.15) is 0 Å². The number of fused-ring (bicyclic) bond motifs is 1. The molecule has 8 nitrogen and oxygen atoms in total. The highest BCUT2D eigenvalue weighted by Gasteiger charge is 2.18. The monoisotopic (exact) mass is 320 g/mol. The second-order valence-corrected chi connectivity index (χ2v) is 5.29. The molecule has 0 aliphatic rings. The van der Waals surface area contributed by atoms with Gasteiger partial charge in [-0.05, 0) is 12.0 Å². The molecule has 0 spiro atoms. The van der Waals surface area contributed by atoms with Crippen LogP contribution in [0.5, 0.6) is 0 Å². The lowest BCUT2D eigenvalue weighted by atomic mass is 10.1. The van der Waals surface area contributed by atoms with Crippen LogP contribution >= 0.6 is 0 Å². The Hall–Kier alpha value is -2.48. The molecule has 1 N–H and O–H groups in total. The molecule has 0 fully saturated rings. The minimum atomic E-state index is -0.485. The molecule has 0 aromatic carbocycles. The van der Waals surface area contributed by atoms with E-state index in [0.29, 0.717) is 12.1 Å². The molecule has 0 unspecified atom stereocenters. The summed E-state index contributed by atoms with van der Waals surface area (Å²) >= 11 is 0. The third-order valence-corrected chi connectivity index (χ3v) is 3.61. The van der Waals surface area contributed by atoms with E-state index in [0.717, 1.165) is 16.6 Å². The van der Waals surface area contributed by atoms with Gasteiger partial charge in [0, 0.05) is 27.4 Å². The molecule has 0 aliphatic carbocycles. The maximum atomic E-state index is 12.5. The van der Waals surface area contributed by atoms with Crippen LogP contribution in [0.1, 0.15) is 18.9 Å². The van der Waals surface area contributed by atoms with Gasteiger partial charge >= 0.3 is 5.69 Å². The van der Waals surface area contributed by atoms with Gasteiger partial charge in [-0.1, -0.05) is 13.3 Å². The smallest absolute Gasteiger partial charge is 0.332 e. The first-order valence-corrected chi connectivity index (χ1v) is 7.28. The zero-order valence-electron chi connectivity index (χ0n) is 13.7. The molecule has 2 rings (SSSR count). The molecule has 2 aromatic rings. The van der Waals surface area contributed by atoms with Crippen molar-refractivity contribution in [3.8, 4) is 0 Å². The zero-order valence-corrected chi connectivity index (χ0v) is 13.7. The normalized spacial score (nSPS) is 11.0. The van der Waals surface area contributed by atoms with E-state index in [4.69, 9.17) is 4.74 Å². The predicted octanol–water partition coefficient (Wildman–Crippen LogP) is 0.170. The lowest BCUT2D eigenvalue weighted by Crippen LogP contribution is -2.38. The fourth-order valence-electron chi connectivity index (χ4n) is 2.48. The molecule has 0 saturated heterocycles. The number of hydrogen-bond donors (Lipinski definition) is 1. The van der Waals surface area contributed by atoms with Crippen LogP contribution in [0.15, 0.2) is 15.8 Å². The summed E-state index contributed by atoms with van der Waals surface area (Å²) < 4.78 is 7.11. The number of amides is 1. The minimum Gasteiger partial charge on any atom is -0.375 e. The van der Waals surface area contributed by atoms with Gasteiger partial charge in [0.1, 0.15) is 12.0 Å². The van der Waals surface area contributed by atoms with Gasteiger partial charge in [0.05, 0.1) is 5.69 Å². The molecule has 2 aromatic heterocycles. The first-order valence-electron chi connectivity index (χ1n) is 7.28. The summed E-state index contributed by atoms with van der Waals surface area (Å²) in [5.74, 6) is -0.367. The van der Waals surface area contributed by atoms with Crippen LogP contribution in [0.2, 0.25) is 0 Å². The Morgan fingerprint density at radius 3 is 2.61 bits per heavy atom. The molecule has 0 saturated carbocycles. The van der Waals surface area contributed by atoms with Crippen LogP contribution in [-0.4, -0.2) is 33.7 Å². The van der Waals surface area contributed by atoms with Crippen molar-refractivity contribution in [3.05, 3.63) is 32.6 Å². The largest absolute Gasteiger partial charge is 0.375 e. The van der Waals surface area contributed by atoms with E-state index in [1.807, 2.05) is 6.92 Å². The average Bonchev–Trinajstić information content (AvgIpc) is 2.52. The summed E-state index contributed by atoms with van der Waals surface area (Å²) in [5, 5.41) is 2.95. The Labute approximate surface area is 132 Å². The van der Waals surface area contributed by atoms with E-state index in [9.17, 15) is 14.4 Å². The van der Waals surface area contributed by atoms with Crippen molar-refractivity contribution in [2.24, 2.45) is 14.1 Å². The van der Waals surface area contributed by atoms with Crippen LogP contribution in [0.25, 0.3) is 11.0 Å². The Kier molecular flexibility index (Phi) is 4.95. The van der Waals surface area contributed by atoms with E-state index in [1.165, 1.54) is 25.8 Å². The zero-order chi connectivity index (χ0) is 17.1. The van der Waals surface area contributed by atoms with Gasteiger partial charge in [0.25, 0.3) is 5.56 Å². The van der Waals surface area contributed by atoms with Crippen LogP contribution < -0.4 is 16.6 Å². The van der Waals surface area contributed by atoms with Gasteiger partial charge in [0.15, 0.2) is 5.65 Å². The van der Waals surface area contributed by atoms with Gasteiger partial charge in [-0.25, -0.2) is 9.78 Å². The van der Waals surface area contributed by atoms with Crippen molar-refractivity contribution in [1.82, 2.24) is 14.1 Å². The van der Waals surface area contributed by atoms with Crippen LogP contribution in [0.3, 0.4) is 0 Å². The predicted molar refractivity (Wildman–Crippen MR) is 86.7 cm³/mol. The maximum Gasteiger partial charge on any atom is 0.332 e. The summed E-state index contributed by atoms with van der Waals surface area (Å²) in [6, 6.07) is 0. The lowest BCUT2D eigenvalue weighted by Gasteiger charge is -2.15. The first-order chi connectivity index (χ1) is 10.9. The fourth-order valence-corrected chi connectivity index (χ4v) is 2.48. The van der Waals surface area contributed by atoms with Crippen molar-refractivity contribution in [1.29, 1.82) is 0 Å². The second kappa shape index (κ2) is 6.74. The minimum absolute atomic E-state index is 0.124. The number of nitrogens with zero attached hydrogens (tertiary/aromatic N) is 3. The molecule has 124 valence electrons. The highest BCUT2D eigenvalue weighted by Crippen LogP contribution is 2.23. The number of aryl methyl sites for hydroxylation is 2. The molecule has 8 heteroatoms. The number of pyridine rings is 1. The highest BCUT2D eigenvalue weighted by molar-refractivity contribution is 6.01. The lowest BCUT2D eigenvalue weighted by molar-refractivity contribution is -0.119. The number of rotatable bonds is 5. The molecule has 2 heterocycles. The third kappa shape index (κ3) is 3.02. The standard InChI is InChI=1S/C15H20N4O4/c1-5-6-9-7-16-13-11(12(9)17-10(20)8-23-4)14(21)19(3)15(22)18(13)2/h7H,5-6,8H2,1-4H3,(H,16,17,20). The maximum absolute atomic E-state index is 12.5. The summed E-state index contributed by atoms with van der Waals surface area (Å²) in [6.45, 7) is 1.87. The van der Waals surface area contributed by atoms with Crippen molar-refractivity contribution in [2.75, 3.05) is 19.0 Å². The number of methoxy groups -OCH3 is 1. The SMILES string of the molecule is CCCc1cnc2c(c1NC(=O)COC)c(=O)n(C)c(=O)n2C. The molecular weight excluding hydrogens is 300 g/mol. The molecule has 0 radical (unpaired) electrons. The topological polar surface area (TPSA) is 95.2 Å². The van der Waals surface area contributed by atoms with E-state index in [-0.39, 0.29) is 23.5 Å². The highest BCUT2D eigenvalue weighted by atomic mass is 16.5. The third-order valence-electron chi connectivity index (χ3n) is 3.61. The Bertz CT molecular complexity index is 866. The average molecular weight is 320 g/mol. The van der Waals surface area contributed by atoms with E-state index in [1.54, 1.807) is 6.20 Å². The number of carbonyl (C=O) groups is 1. The summed E-state index contributed by atoms with van der Waals surface area (Å²) in [4.78, 5) is 40.7. The van der Waals surface area contributed by atoms with Gasteiger partial charge in [0.2, 0.25) is 5.91 Å². The van der Waals surface area contributed by atoms with Crippen molar-refractivity contribution >= 4 is 22.6 Å². The van der Waals surface area contributed by atoms with Gasteiger partial charge < -0.3 is 10.1 Å². The van der Waals surface area contributed by atoms with Gasteiger partial charge in [-0.3, -0.25) is 18.7 Å². The van der Waals surface area contributed by atoms with Crippen molar-refractivity contribution in [2.45, 2.75) is 19.8 Å². The van der Waals surface area contributed by atoms with E-state index < -0.39 is 11.2 Å². The molecule has 0 aliphatic heterocycles. The van der Waals surface area contributed by atoms with E-state index in [2.05, 4.69) is 10.3 Å². The van der Waals surface area contributed by atoms with E-state index >= 15 is 0 Å². The Morgan fingerprint density at radius 1 is 1.30 bits per heavy atom. The quantitative estimate of drug-likeness (QED) is 0.847.